The Morgan fingerprint density at radius 3 is 2.04 bits per heavy atom. The Morgan fingerprint density at radius 1 is 1.00 bits per heavy atom. The largest absolute Gasteiger partial charge is 0.459 e. The Bertz CT molecular complexity index is 734. The molecule has 0 heterocycles. The highest BCUT2D eigenvalue weighted by Crippen LogP contribution is 2.49. The van der Waals surface area contributed by atoms with E-state index in [4.69, 9.17) is 4.18 Å². The van der Waals surface area contributed by atoms with Gasteiger partial charge < -0.3 is 0 Å². The molecule has 0 spiro atoms. The molecule has 28 heavy (non-hydrogen) atoms. The summed E-state index contributed by atoms with van der Waals surface area (Å²) in [4.78, 5) is -0.0566. The zero-order chi connectivity index (χ0) is 21.8. The third kappa shape index (κ3) is 6.71. The maximum absolute atomic E-state index is 13.3. The number of rotatable bonds is 10. The van der Waals surface area contributed by atoms with Crippen LogP contribution in [0.15, 0.2) is 29.2 Å². The molecule has 0 saturated heterocycles. The molecular formula is C16H18F7IO3S. The molecule has 0 bridgehead atoms. The highest BCUT2D eigenvalue weighted by molar-refractivity contribution is 14.1. The smallest absolute Gasteiger partial charge is 0.266 e. The maximum atomic E-state index is 13.3. The minimum absolute atomic E-state index is 0.0566. The molecule has 0 aliphatic carbocycles. The molecule has 1 aromatic carbocycles. The molecule has 0 radical (unpaired) electrons. The number of benzene rings is 1. The molecule has 0 aliphatic rings. The molecule has 1 rings (SSSR count). The van der Waals surface area contributed by atoms with E-state index < -0.39 is 38.5 Å². The van der Waals surface area contributed by atoms with Crippen LogP contribution < -0.4 is 0 Å². The summed E-state index contributed by atoms with van der Waals surface area (Å²) in [6.45, 7) is 1.50. The molecule has 0 amide bonds. The molecule has 0 aromatic heterocycles. The average molecular weight is 550 g/mol. The Morgan fingerprint density at radius 2 is 1.54 bits per heavy atom. The fourth-order valence-electron chi connectivity index (χ4n) is 2.13. The molecule has 162 valence electrons. The summed E-state index contributed by atoms with van der Waals surface area (Å²) >= 11 is 1.38. The number of hydrogen-bond donors (Lipinski definition) is 0. The van der Waals surface area contributed by atoms with E-state index in [0.29, 0.717) is 0 Å². The van der Waals surface area contributed by atoms with Gasteiger partial charge in [0, 0.05) is 10.3 Å². The molecule has 1 unspecified atom stereocenters. The predicted molar refractivity (Wildman–Crippen MR) is 96.5 cm³/mol. The van der Waals surface area contributed by atoms with Crippen LogP contribution in [0, 0.1) is 6.92 Å². The predicted octanol–water partition coefficient (Wildman–Crippen LogP) is 5.90. The van der Waals surface area contributed by atoms with E-state index >= 15 is 0 Å². The first kappa shape index (κ1) is 25.4. The third-order valence-electron chi connectivity index (χ3n) is 3.75. The second-order valence-electron chi connectivity index (χ2n) is 6.16. The van der Waals surface area contributed by atoms with Crippen molar-refractivity contribution < 1.29 is 43.3 Å². The second-order valence-corrected chi connectivity index (χ2v) is 9.54. The van der Waals surface area contributed by atoms with Crippen LogP contribution in [0.3, 0.4) is 0 Å². The molecule has 0 N–H and O–H groups in total. The Balaban J connectivity index is 2.44. The molecular weight excluding hydrogens is 532 g/mol. The zero-order valence-electron chi connectivity index (χ0n) is 14.6. The van der Waals surface area contributed by atoms with Gasteiger partial charge in [-0.05, 0) is 31.9 Å². The van der Waals surface area contributed by atoms with Gasteiger partial charge in [-0.3, -0.25) is 4.18 Å². The molecule has 12 heteroatoms. The second kappa shape index (κ2) is 9.45. The lowest BCUT2D eigenvalue weighted by Gasteiger charge is -2.29. The van der Waals surface area contributed by atoms with Gasteiger partial charge in [-0.2, -0.15) is 39.2 Å². The van der Waals surface area contributed by atoms with E-state index in [1.807, 2.05) is 0 Å². The van der Waals surface area contributed by atoms with Gasteiger partial charge in [0.1, 0.15) is 0 Å². The van der Waals surface area contributed by atoms with Crippen LogP contribution in [0.25, 0.3) is 0 Å². The Kier molecular flexibility index (Phi) is 8.58. The van der Waals surface area contributed by atoms with Crippen LogP contribution in [0.4, 0.5) is 30.7 Å². The first-order valence-corrected chi connectivity index (χ1v) is 10.7. The number of halogens is 8. The topological polar surface area (TPSA) is 43.4 Å². The molecule has 0 fully saturated rings. The summed E-state index contributed by atoms with van der Waals surface area (Å²) in [5, 5.41) is 0. The Hall–Kier alpha value is -0.630. The first-order valence-electron chi connectivity index (χ1n) is 8.03. The van der Waals surface area contributed by atoms with Crippen molar-refractivity contribution >= 4 is 32.7 Å². The fraction of sp³-hybridized carbons (Fsp3) is 0.625. The SMILES string of the molecule is Cc1ccc(S(=O)(=O)OCCCCC(I)CC(F)(F)C(F)(F)C(F)(F)F)cc1. The van der Waals surface area contributed by atoms with E-state index in [9.17, 15) is 39.2 Å². The van der Waals surface area contributed by atoms with Crippen LogP contribution in [0.1, 0.15) is 31.2 Å². The van der Waals surface area contributed by atoms with E-state index in [-0.39, 0.29) is 30.8 Å². The van der Waals surface area contributed by atoms with Crippen molar-refractivity contribution in [3.05, 3.63) is 29.8 Å². The van der Waals surface area contributed by atoms with Crippen molar-refractivity contribution in [1.29, 1.82) is 0 Å². The van der Waals surface area contributed by atoms with E-state index in [1.54, 1.807) is 19.1 Å². The van der Waals surface area contributed by atoms with Crippen LogP contribution >= 0.6 is 22.6 Å². The lowest BCUT2D eigenvalue weighted by molar-refractivity contribution is -0.355. The first-order chi connectivity index (χ1) is 12.6. The van der Waals surface area contributed by atoms with Gasteiger partial charge in [0.15, 0.2) is 0 Å². The van der Waals surface area contributed by atoms with Crippen molar-refractivity contribution in [3.8, 4) is 0 Å². The summed E-state index contributed by atoms with van der Waals surface area (Å²) in [5.41, 5.74) is 0.847. The van der Waals surface area contributed by atoms with E-state index in [2.05, 4.69) is 0 Å². The number of unbranched alkanes of at least 4 members (excludes halogenated alkanes) is 1. The summed E-state index contributed by atoms with van der Waals surface area (Å²) < 4.78 is 116. The van der Waals surface area contributed by atoms with Crippen molar-refractivity contribution in [1.82, 2.24) is 0 Å². The lowest BCUT2D eigenvalue weighted by atomic mass is 10.0. The number of hydrogen-bond acceptors (Lipinski definition) is 3. The average Bonchev–Trinajstić information content (AvgIpc) is 2.53. The van der Waals surface area contributed by atoms with Gasteiger partial charge >= 0.3 is 18.0 Å². The standard InChI is InChI=1S/C16H18F7IO3S/c1-11-5-7-13(8-6-11)28(25,26)27-9-3-2-4-12(24)10-14(17,18)15(19,20)16(21,22)23/h5-8,12H,2-4,9-10H2,1H3. The summed E-state index contributed by atoms with van der Waals surface area (Å²) in [5.74, 6) is -11.4. The minimum Gasteiger partial charge on any atom is -0.266 e. The third-order valence-corrected chi connectivity index (χ3v) is 6.14. The normalized spacial score (nSPS) is 14.9. The fourth-order valence-corrected chi connectivity index (χ4v) is 4.06. The van der Waals surface area contributed by atoms with Crippen molar-refractivity contribution in [3.63, 3.8) is 0 Å². The molecule has 3 nitrogen and oxygen atoms in total. The van der Waals surface area contributed by atoms with E-state index in [1.165, 1.54) is 34.7 Å². The zero-order valence-corrected chi connectivity index (χ0v) is 17.6. The van der Waals surface area contributed by atoms with Crippen LogP contribution in [-0.2, 0) is 14.3 Å². The molecule has 0 aliphatic heterocycles. The summed E-state index contributed by atoms with van der Waals surface area (Å²) in [6, 6.07) is 5.87. The monoisotopic (exact) mass is 550 g/mol. The summed E-state index contributed by atoms with van der Waals surface area (Å²) in [6.07, 6.45) is -7.87. The molecule has 1 atom stereocenters. The van der Waals surface area contributed by atoms with Gasteiger partial charge in [-0.25, -0.2) is 0 Å². The highest BCUT2D eigenvalue weighted by Gasteiger charge is 2.72. The number of alkyl halides is 8. The van der Waals surface area contributed by atoms with Crippen LogP contribution in [-0.4, -0.2) is 37.0 Å². The van der Waals surface area contributed by atoms with E-state index in [0.717, 1.165) is 5.56 Å². The van der Waals surface area contributed by atoms with Crippen LogP contribution in [0.5, 0.6) is 0 Å². The highest BCUT2D eigenvalue weighted by atomic mass is 127. The van der Waals surface area contributed by atoms with Crippen molar-refractivity contribution in [2.75, 3.05) is 6.61 Å². The van der Waals surface area contributed by atoms with Crippen molar-refractivity contribution in [2.45, 2.75) is 59.4 Å². The molecule has 1 aromatic rings. The van der Waals surface area contributed by atoms with Gasteiger partial charge in [0.05, 0.1) is 11.5 Å². The maximum Gasteiger partial charge on any atom is 0.459 e. The van der Waals surface area contributed by atoms with Crippen LogP contribution in [0.2, 0.25) is 0 Å². The number of aryl methyl sites for hydroxylation is 1. The van der Waals surface area contributed by atoms with Gasteiger partial charge in [0.25, 0.3) is 10.1 Å². The minimum atomic E-state index is -6.34. The molecule has 0 saturated carbocycles. The quantitative estimate of drug-likeness (QED) is 0.120. The Labute approximate surface area is 171 Å². The van der Waals surface area contributed by atoms with Gasteiger partial charge in [-0.15, -0.1) is 0 Å². The van der Waals surface area contributed by atoms with Crippen molar-refractivity contribution in [2.24, 2.45) is 0 Å². The lowest BCUT2D eigenvalue weighted by Crippen LogP contribution is -2.52. The van der Waals surface area contributed by atoms with Gasteiger partial charge in [-0.1, -0.05) is 46.7 Å². The summed E-state index contributed by atoms with van der Waals surface area (Å²) in [7, 11) is -3.99. The van der Waals surface area contributed by atoms with Gasteiger partial charge in [0.2, 0.25) is 0 Å².